The number of thiophene rings is 1. The number of anilines is 1. The molecule has 0 N–H and O–H groups in total. The highest BCUT2D eigenvalue weighted by atomic mass is 32.1. The van der Waals surface area contributed by atoms with Crippen molar-refractivity contribution in [3.05, 3.63) is 16.0 Å². The van der Waals surface area contributed by atoms with Crippen molar-refractivity contribution in [1.82, 2.24) is 0 Å². The van der Waals surface area contributed by atoms with Crippen molar-refractivity contribution in [3.8, 4) is 6.07 Å². The second kappa shape index (κ2) is 4.32. The minimum atomic E-state index is -0.387. The number of nitrogens with zero attached hydrogens (tertiary/aromatic N) is 2. The molecule has 0 atom stereocenters. The lowest BCUT2D eigenvalue weighted by atomic mass is 10.2. The Balaban J connectivity index is 3.35. The van der Waals surface area contributed by atoms with E-state index in [0.717, 1.165) is 5.00 Å². The number of ether oxygens (including phenoxy) is 1. The molecule has 1 heterocycles. The molecular weight excluding hydrogens is 212 g/mol. The van der Waals surface area contributed by atoms with Crippen LogP contribution in [0.25, 0.3) is 0 Å². The molecule has 0 unspecified atom stereocenters. The van der Waals surface area contributed by atoms with Crippen LogP contribution in [0.4, 0.5) is 5.00 Å². The Hall–Kier alpha value is -1.54. The van der Waals surface area contributed by atoms with E-state index in [-0.39, 0.29) is 5.97 Å². The molecular formula is C10H12N2O2S. The molecule has 0 spiro atoms. The van der Waals surface area contributed by atoms with Gasteiger partial charge < -0.3 is 9.64 Å². The molecule has 5 heteroatoms. The second-order valence-corrected chi connectivity index (χ2v) is 4.23. The number of carbonyl (C=O) groups is 1. The lowest BCUT2D eigenvalue weighted by molar-refractivity contribution is 0.0605. The smallest absolute Gasteiger partial charge is 0.348 e. The van der Waals surface area contributed by atoms with Gasteiger partial charge in [-0.2, -0.15) is 5.26 Å². The molecule has 1 rings (SSSR count). The van der Waals surface area contributed by atoms with Gasteiger partial charge in [0.1, 0.15) is 15.9 Å². The van der Waals surface area contributed by atoms with Crippen LogP contribution in [0.3, 0.4) is 0 Å². The third kappa shape index (κ3) is 1.95. The molecule has 0 saturated heterocycles. The molecule has 0 fully saturated rings. The highest BCUT2D eigenvalue weighted by molar-refractivity contribution is 7.18. The average Bonchev–Trinajstić information content (AvgIpc) is 2.54. The number of methoxy groups -OCH3 is 1. The second-order valence-electron chi connectivity index (χ2n) is 3.23. The van der Waals surface area contributed by atoms with Gasteiger partial charge in [0, 0.05) is 14.1 Å². The van der Waals surface area contributed by atoms with Gasteiger partial charge in [-0.25, -0.2) is 4.79 Å². The highest BCUT2D eigenvalue weighted by Crippen LogP contribution is 2.34. The maximum Gasteiger partial charge on any atom is 0.348 e. The maximum atomic E-state index is 11.4. The first-order chi connectivity index (χ1) is 7.02. The van der Waals surface area contributed by atoms with E-state index in [0.29, 0.717) is 16.0 Å². The fourth-order valence-electron chi connectivity index (χ4n) is 1.23. The SMILES string of the molecule is COC(=O)c1sc(N(C)C)c(C#N)c1C. The van der Waals surface area contributed by atoms with E-state index in [9.17, 15) is 4.79 Å². The van der Waals surface area contributed by atoms with Crippen LogP contribution < -0.4 is 4.90 Å². The number of nitriles is 1. The van der Waals surface area contributed by atoms with Crippen LogP contribution in [0.2, 0.25) is 0 Å². The van der Waals surface area contributed by atoms with Crippen LogP contribution in [-0.2, 0) is 4.74 Å². The molecule has 4 nitrogen and oxygen atoms in total. The summed E-state index contributed by atoms with van der Waals surface area (Å²) in [6.45, 7) is 1.76. The number of esters is 1. The Morgan fingerprint density at radius 2 is 2.13 bits per heavy atom. The van der Waals surface area contributed by atoms with Crippen LogP contribution in [-0.4, -0.2) is 27.2 Å². The van der Waals surface area contributed by atoms with Crippen molar-refractivity contribution in [3.63, 3.8) is 0 Å². The first kappa shape index (κ1) is 11.5. The van der Waals surface area contributed by atoms with Crippen molar-refractivity contribution in [2.24, 2.45) is 0 Å². The van der Waals surface area contributed by atoms with Crippen molar-refractivity contribution in [1.29, 1.82) is 5.26 Å². The van der Waals surface area contributed by atoms with E-state index < -0.39 is 0 Å². The molecule has 15 heavy (non-hydrogen) atoms. The minimum Gasteiger partial charge on any atom is -0.465 e. The zero-order chi connectivity index (χ0) is 11.6. The number of rotatable bonds is 2. The first-order valence-electron chi connectivity index (χ1n) is 4.32. The van der Waals surface area contributed by atoms with Crippen molar-refractivity contribution >= 4 is 22.3 Å². The molecule has 80 valence electrons. The molecule has 1 aromatic heterocycles. The maximum absolute atomic E-state index is 11.4. The number of carbonyl (C=O) groups excluding carboxylic acids is 1. The summed E-state index contributed by atoms with van der Waals surface area (Å²) in [5.41, 5.74) is 1.24. The van der Waals surface area contributed by atoms with E-state index in [1.165, 1.54) is 18.4 Å². The third-order valence-corrected chi connectivity index (χ3v) is 3.46. The van der Waals surface area contributed by atoms with Gasteiger partial charge in [-0.05, 0) is 12.5 Å². The first-order valence-corrected chi connectivity index (χ1v) is 5.13. The van der Waals surface area contributed by atoms with Crippen LogP contribution in [0.1, 0.15) is 20.8 Å². The quantitative estimate of drug-likeness (QED) is 0.718. The Kier molecular flexibility index (Phi) is 3.32. The minimum absolute atomic E-state index is 0.387. The van der Waals surface area contributed by atoms with Gasteiger partial charge in [-0.3, -0.25) is 0 Å². The molecule has 0 amide bonds. The van der Waals surface area contributed by atoms with Crippen molar-refractivity contribution in [2.75, 3.05) is 26.1 Å². The summed E-state index contributed by atoms with van der Waals surface area (Å²) in [6, 6.07) is 2.11. The van der Waals surface area contributed by atoms with Gasteiger partial charge in [-0.15, -0.1) is 11.3 Å². The summed E-state index contributed by atoms with van der Waals surface area (Å²) in [5.74, 6) is -0.387. The van der Waals surface area contributed by atoms with Gasteiger partial charge >= 0.3 is 5.97 Å². The van der Waals surface area contributed by atoms with Gasteiger partial charge in [0.25, 0.3) is 0 Å². The van der Waals surface area contributed by atoms with E-state index in [4.69, 9.17) is 5.26 Å². The molecule has 0 bridgehead atoms. The molecule has 0 radical (unpaired) electrons. The largest absolute Gasteiger partial charge is 0.465 e. The van der Waals surface area contributed by atoms with Crippen LogP contribution in [0.5, 0.6) is 0 Å². The lowest BCUT2D eigenvalue weighted by Crippen LogP contribution is -2.07. The number of hydrogen-bond acceptors (Lipinski definition) is 5. The number of hydrogen-bond donors (Lipinski definition) is 0. The Bertz CT molecular complexity index is 429. The fourth-order valence-corrected chi connectivity index (χ4v) is 2.33. The van der Waals surface area contributed by atoms with E-state index in [2.05, 4.69) is 10.8 Å². The fraction of sp³-hybridized carbons (Fsp3) is 0.400. The van der Waals surface area contributed by atoms with E-state index in [1.807, 2.05) is 19.0 Å². The van der Waals surface area contributed by atoms with Crippen molar-refractivity contribution < 1.29 is 9.53 Å². The summed E-state index contributed by atoms with van der Waals surface area (Å²) in [7, 11) is 5.02. The summed E-state index contributed by atoms with van der Waals surface area (Å²) in [4.78, 5) is 13.7. The third-order valence-electron chi connectivity index (χ3n) is 2.02. The summed E-state index contributed by atoms with van der Waals surface area (Å²) >= 11 is 1.28. The van der Waals surface area contributed by atoms with Gasteiger partial charge in [0.15, 0.2) is 0 Å². The Morgan fingerprint density at radius 3 is 2.47 bits per heavy atom. The predicted molar refractivity (Wildman–Crippen MR) is 59.4 cm³/mol. The zero-order valence-electron chi connectivity index (χ0n) is 9.12. The van der Waals surface area contributed by atoms with Gasteiger partial charge in [0.05, 0.1) is 12.7 Å². The molecule has 0 aliphatic carbocycles. The summed E-state index contributed by atoms with van der Waals surface area (Å²) in [5, 5.41) is 9.78. The predicted octanol–water partition coefficient (Wildman–Crippen LogP) is 1.78. The van der Waals surface area contributed by atoms with Crippen LogP contribution >= 0.6 is 11.3 Å². The van der Waals surface area contributed by atoms with Crippen LogP contribution in [0.15, 0.2) is 0 Å². The zero-order valence-corrected chi connectivity index (χ0v) is 9.94. The topological polar surface area (TPSA) is 53.3 Å². The highest BCUT2D eigenvalue weighted by Gasteiger charge is 2.21. The standard InChI is InChI=1S/C10H12N2O2S/c1-6-7(5-11)9(12(2)3)15-8(6)10(13)14-4/h1-4H3. The van der Waals surface area contributed by atoms with E-state index in [1.54, 1.807) is 6.92 Å². The molecule has 0 aliphatic heterocycles. The van der Waals surface area contributed by atoms with Crippen molar-refractivity contribution in [2.45, 2.75) is 6.92 Å². The monoisotopic (exact) mass is 224 g/mol. The van der Waals surface area contributed by atoms with E-state index >= 15 is 0 Å². The van der Waals surface area contributed by atoms with Crippen LogP contribution in [0, 0.1) is 18.3 Å². The van der Waals surface area contributed by atoms with Gasteiger partial charge in [-0.1, -0.05) is 0 Å². The average molecular weight is 224 g/mol. The Morgan fingerprint density at radius 1 is 1.53 bits per heavy atom. The van der Waals surface area contributed by atoms with Gasteiger partial charge in [0.2, 0.25) is 0 Å². The normalized spacial score (nSPS) is 9.53. The molecule has 0 aromatic carbocycles. The lowest BCUT2D eigenvalue weighted by Gasteiger charge is -2.08. The summed E-state index contributed by atoms with van der Waals surface area (Å²) < 4.78 is 4.65. The summed E-state index contributed by atoms with van der Waals surface area (Å²) in [6.07, 6.45) is 0. The Labute approximate surface area is 92.7 Å². The molecule has 0 aliphatic rings. The molecule has 1 aromatic rings. The molecule has 0 saturated carbocycles.